The maximum atomic E-state index is 13.8. The fraction of sp³-hybridized carbons (Fsp3) is 0.500. The molecule has 88 valence electrons. The maximum Gasteiger partial charge on any atom is 0.172 e. The van der Waals surface area contributed by atoms with E-state index in [1.54, 1.807) is 0 Å². The molecule has 1 fully saturated rings. The van der Waals surface area contributed by atoms with Crippen LogP contribution in [0.15, 0.2) is 12.1 Å². The van der Waals surface area contributed by atoms with Crippen molar-refractivity contribution in [3.05, 3.63) is 29.3 Å². The van der Waals surface area contributed by atoms with E-state index in [0.29, 0.717) is 12.3 Å². The van der Waals surface area contributed by atoms with Crippen molar-refractivity contribution < 1.29 is 13.5 Å². The molecule has 16 heavy (non-hydrogen) atoms. The summed E-state index contributed by atoms with van der Waals surface area (Å²) in [5, 5.41) is 0. The number of hydrogen-bond donors (Lipinski definition) is 1. The summed E-state index contributed by atoms with van der Waals surface area (Å²) in [5.74, 6) is -0.690. The largest absolute Gasteiger partial charge is 0.494 e. The van der Waals surface area contributed by atoms with Gasteiger partial charge in [0.25, 0.3) is 0 Å². The SMILES string of the molecule is COc1ccc(F)c([C@H](N)CC2CC2)c1F. The van der Waals surface area contributed by atoms with Crippen LogP contribution in [-0.2, 0) is 0 Å². The lowest BCUT2D eigenvalue weighted by Crippen LogP contribution is -2.15. The van der Waals surface area contributed by atoms with Crippen LogP contribution >= 0.6 is 0 Å². The fourth-order valence-electron chi connectivity index (χ4n) is 1.88. The molecule has 1 saturated carbocycles. The summed E-state index contributed by atoms with van der Waals surface area (Å²) in [6.45, 7) is 0. The van der Waals surface area contributed by atoms with Crippen LogP contribution < -0.4 is 10.5 Å². The van der Waals surface area contributed by atoms with Crippen molar-refractivity contribution in [1.82, 2.24) is 0 Å². The Kier molecular flexibility index (Phi) is 3.10. The Balaban J connectivity index is 2.29. The van der Waals surface area contributed by atoms with Crippen molar-refractivity contribution in [2.45, 2.75) is 25.3 Å². The Hall–Kier alpha value is -1.16. The molecule has 0 unspecified atom stereocenters. The number of nitrogens with two attached hydrogens (primary N) is 1. The van der Waals surface area contributed by atoms with Crippen LogP contribution in [0.2, 0.25) is 0 Å². The molecule has 2 N–H and O–H groups in total. The lowest BCUT2D eigenvalue weighted by atomic mass is 10.0. The summed E-state index contributed by atoms with van der Waals surface area (Å²) in [7, 11) is 1.35. The minimum absolute atomic E-state index is 0.0441. The average molecular weight is 227 g/mol. The summed E-state index contributed by atoms with van der Waals surface area (Å²) in [6.07, 6.45) is 2.86. The summed E-state index contributed by atoms with van der Waals surface area (Å²) >= 11 is 0. The molecule has 1 aromatic carbocycles. The lowest BCUT2D eigenvalue weighted by molar-refractivity contribution is 0.376. The molecule has 0 heterocycles. The Morgan fingerprint density at radius 1 is 1.44 bits per heavy atom. The summed E-state index contributed by atoms with van der Waals surface area (Å²) in [5.41, 5.74) is 5.78. The smallest absolute Gasteiger partial charge is 0.172 e. The van der Waals surface area contributed by atoms with E-state index in [1.807, 2.05) is 0 Å². The van der Waals surface area contributed by atoms with Crippen LogP contribution in [0.5, 0.6) is 5.75 Å². The highest BCUT2D eigenvalue weighted by Crippen LogP contribution is 2.38. The average Bonchev–Trinajstić information content (AvgIpc) is 3.02. The van der Waals surface area contributed by atoms with E-state index in [4.69, 9.17) is 10.5 Å². The van der Waals surface area contributed by atoms with Crippen molar-refractivity contribution in [2.24, 2.45) is 11.7 Å². The number of rotatable bonds is 4. The number of benzene rings is 1. The zero-order valence-corrected chi connectivity index (χ0v) is 9.17. The minimum atomic E-state index is -0.671. The maximum absolute atomic E-state index is 13.8. The molecule has 0 bridgehead atoms. The topological polar surface area (TPSA) is 35.2 Å². The molecule has 1 aliphatic rings. The third kappa shape index (κ3) is 2.16. The highest BCUT2D eigenvalue weighted by Gasteiger charge is 2.28. The first kappa shape index (κ1) is 11.3. The van der Waals surface area contributed by atoms with Gasteiger partial charge in [-0.05, 0) is 24.5 Å². The third-order valence-corrected chi connectivity index (χ3v) is 2.97. The van der Waals surface area contributed by atoms with E-state index in [1.165, 1.54) is 19.2 Å². The van der Waals surface area contributed by atoms with Gasteiger partial charge in [-0.3, -0.25) is 0 Å². The van der Waals surface area contributed by atoms with Gasteiger partial charge in [0.15, 0.2) is 11.6 Å². The monoisotopic (exact) mass is 227 g/mol. The van der Waals surface area contributed by atoms with Gasteiger partial charge in [0, 0.05) is 11.6 Å². The molecule has 1 aromatic rings. The van der Waals surface area contributed by atoms with Gasteiger partial charge < -0.3 is 10.5 Å². The molecular weight excluding hydrogens is 212 g/mol. The van der Waals surface area contributed by atoms with Gasteiger partial charge in [-0.15, -0.1) is 0 Å². The molecule has 0 amide bonds. The summed E-state index contributed by atoms with van der Waals surface area (Å²) < 4.78 is 32.1. The van der Waals surface area contributed by atoms with Crippen LogP contribution in [0.1, 0.15) is 30.9 Å². The summed E-state index contributed by atoms with van der Waals surface area (Å²) in [6, 6.07) is 1.89. The van der Waals surface area contributed by atoms with Gasteiger partial charge in [-0.2, -0.15) is 0 Å². The quantitative estimate of drug-likeness (QED) is 0.858. The second-order valence-electron chi connectivity index (χ2n) is 4.26. The molecule has 0 radical (unpaired) electrons. The standard InChI is InChI=1S/C12H15F2NO/c1-16-10-5-4-8(13)11(12(10)14)9(15)6-7-2-3-7/h4-5,7,9H,2-3,6,15H2,1H3/t9-/m1/s1. The van der Waals surface area contributed by atoms with E-state index in [2.05, 4.69) is 0 Å². The number of halogens is 2. The molecular formula is C12H15F2NO. The van der Waals surface area contributed by atoms with Crippen molar-refractivity contribution in [2.75, 3.05) is 7.11 Å². The molecule has 0 saturated heterocycles. The molecule has 1 aliphatic carbocycles. The molecule has 2 nitrogen and oxygen atoms in total. The predicted octanol–water partition coefficient (Wildman–Crippen LogP) is 2.77. The van der Waals surface area contributed by atoms with E-state index < -0.39 is 17.7 Å². The summed E-state index contributed by atoms with van der Waals surface area (Å²) in [4.78, 5) is 0. The van der Waals surface area contributed by atoms with Crippen molar-refractivity contribution >= 4 is 0 Å². The first-order chi connectivity index (χ1) is 7.63. The van der Waals surface area contributed by atoms with Crippen LogP contribution in [0.4, 0.5) is 8.78 Å². The first-order valence-corrected chi connectivity index (χ1v) is 5.41. The van der Waals surface area contributed by atoms with Gasteiger partial charge >= 0.3 is 0 Å². The van der Waals surface area contributed by atoms with Crippen LogP contribution in [0.25, 0.3) is 0 Å². The molecule has 0 aliphatic heterocycles. The van der Waals surface area contributed by atoms with Crippen molar-refractivity contribution in [3.8, 4) is 5.75 Å². The van der Waals surface area contributed by atoms with Crippen LogP contribution in [-0.4, -0.2) is 7.11 Å². The Bertz CT molecular complexity index is 391. The van der Waals surface area contributed by atoms with E-state index in [-0.39, 0.29) is 11.3 Å². The number of ether oxygens (including phenoxy) is 1. The highest BCUT2D eigenvalue weighted by molar-refractivity contribution is 5.34. The molecule has 1 atom stereocenters. The van der Waals surface area contributed by atoms with Crippen molar-refractivity contribution in [3.63, 3.8) is 0 Å². The molecule has 0 aromatic heterocycles. The van der Waals surface area contributed by atoms with Gasteiger partial charge in [-0.1, -0.05) is 12.8 Å². The van der Waals surface area contributed by atoms with E-state index in [9.17, 15) is 8.78 Å². The second kappa shape index (κ2) is 4.37. The molecule has 4 heteroatoms. The Labute approximate surface area is 93.4 Å². The highest BCUT2D eigenvalue weighted by atomic mass is 19.1. The van der Waals surface area contributed by atoms with Gasteiger partial charge in [0.2, 0.25) is 0 Å². The van der Waals surface area contributed by atoms with E-state index >= 15 is 0 Å². The zero-order valence-electron chi connectivity index (χ0n) is 9.17. The first-order valence-electron chi connectivity index (χ1n) is 5.41. The zero-order chi connectivity index (χ0) is 11.7. The van der Waals surface area contributed by atoms with E-state index in [0.717, 1.165) is 12.8 Å². The second-order valence-corrected chi connectivity index (χ2v) is 4.26. The number of methoxy groups -OCH3 is 1. The Morgan fingerprint density at radius 3 is 2.69 bits per heavy atom. The van der Waals surface area contributed by atoms with Crippen LogP contribution in [0, 0.1) is 17.6 Å². The van der Waals surface area contributed by atoms with Gasteiger partial charge in [0.05, 0.1) is 7.11 Å². The normalized spacial score (nSPS) is 17.2. The number of hydrogen-bond acceptors (Lipinski definition) is 2. The fourth-order valence-corrected chi connectivity index (χ4v) is 1.88. The molecule has 2 rings (SSSR count). The lowest BCUT2D eigenvalue weighted by Gasteiger charge is -2.15. The Morgan fingerprint density at radius 2 is 2.12 bits per heavy atom. The molecule has 0 spiro atoms. The minimum Gasteiger partial charge on any atom is -0.494 e. The van der Waals surface area contributed by atoms with Crippen LogP contribution in [0.3, 0.4) is 0 Å². The van der Waals surface area contributed by atoms with Gasteiger partial charge in [-0.25, -0.2) is 8.78 Å². The predicted molar refractivity (Wildman–Crippen MR) is 57.2 cm³/mol. The van der Waals surface area contributed by atoms with Crippen molar-refractivity contribution in [1.29, 1.82) is 0 Å². The van der Waals surface area contributed by atoms with Gasteiger partial charge in [0.1, 0.15) is 5.82 Å². The third-order valence-electron chi connectivity index (χ3n) is 2.97.